The van der Waals surface area contributed by atoms with E-state index in [9.17, 15) is 19.1 Å². The lowest BCUT2D eigenvalue weighted by Gasteiger charge is -2.25. The van der Waals surface area contributed by atoms with Crippen molar-refractivity contribution in [3.05, 3.63) is 102 Å². The quantitative estimate of drug-likeness (QED) is 0.227. The van der Waals surface area contributed by atoms with E-state index in [0.717, 1.165) is 12.1 Å². The van der Waals surface area contributed by atoms with Crippen molar-refractivity contribution in [1.29, 1.82) is 0 Å². The summed E-state index contributed by atoms with van der Waals surface area (Å²) in [7, 11) is 1.47. The van der Waals surface area contributed by atoms with Crippen molar-refractivity contribution in [3.8, 4) is 11.5 Å². The fraction of sp³-hybridized carbons (Fsp3) is 0.154. The molecule has 1 amide bonds. The number of rotatable bonds is 8. The predicted octanol–water partition coefficient (Wildman–Crippen LogP) is 4.61. The van der Waals surface area contributed by atoms with Crippen LogP contribution < -0.4 is 9.47 Å². The molecule has 1 saturated heterocycles. The van der Waals surface area contributed by atoms with Crippen LogP contribution in [0.3, 0.4) is 0 Å². The number of ketones is 1. The number of carbonyl (C=O) groups excluding carboxylic acids is 2. The van der Waals surface area contributed by atoms with Crippen LogP contribution in [0, 0.1) is 5.82 Å². The Hall–Kier alpha value is -4.33. The van der Waals surface area contributed by atoms with Crippen molar-refractivity contribution in [3.63, 3.8) is 0 Å². The minimum absolute atomic E-state index is 0.000527. The third-order valence-electron chi connectivity index (χ3n) is 5.42. The van der Waals surface area contributed by atoms with Gasteiger partial charge in [-0.05, 0) is 54.1 Å². The first-order valence-electron chi connectivity index (χ1n) is 10.4. The van der Waals surface area contributed by atoms with Crippen molar-refractivity contribution >= 4 is 17.4 Å². The number of ether oxygens (including phenoxy) is 2. The van der Waals surface area contributed by atoms with E-state index in [2.05, 4.69) is 6.58 Å². The first-order chi connectivity index (χ1) is 16.4. The van der Waals surface area contributed by atoms with Gasteiger partial charge in [-0.2, -0.15) is 0 Å². The van der Waals surface area contributed by atoms with Crippen LogP contribution in [0.2, 0.25) is 0 Å². The minimum atomic E-state index is -0.947. The number of aliphatic hydroxyl groups is 1. The van der Waals surface area contributed by atoms with Crippen LogP contribution in [0.5, 0.6) is 11.5 Å². The summed E-state index contributed by atoms with van der Waals surface area (Å²) >= 11 is 0. The first-order valence-corrected chi connectivity index (χ1v) is 10.4. The smallest absolute Gasteiger partial charge is 0.296 e. The molecule has 3 aromatic rings. The number of benzene rings is 2. The molecule has 1 N–H and O–H groups in total. The highest BCUT2D eigenvalue weighted by molar-refractivity contribution is 6.46. The fourth-order valence-electron chi connectivity index (χ4n) is 3.85. The average molecular weight is 463 g/mol. The molecule has 7 nitrogen and oxygen atoms in total. The van der Waals surface area contributed by atoms with Gasteiger partial charge in [-0.15, -0.1) is 0 Å². The number of halogens is 1. The van der Waals surface area contributed by atoms with Gasteiger partial charge in [0, 0.05) is 5.56 Å². The normalized spacial score (nSPS) is 17.1. The molecule has 1 aliphatic rings. The molecule has 0 spiro atoms. The van der Waals surface area contributed by atoms with Crippen LogP contribution in [0.4, 0.5) is 4.39 Å². The number of Topliss-reactive ketones (excluding diaryl/α,β-unsaturated/α-hetero) is 1. The van der Waals surface area contributed by atoms with Gasteiger partial charge in [0.2, 0.25) is 0 Å². The molecule has 4 rings (SSSR count). The molecule has 0 bridgehead atoms. The lowest BCUT2D eigenvalue weighted by molar-refractivity contribution is -0.140. The molecule has 34 heavy (non-hydrogen) atoms. The summed E-state index contributed by atoms with van der Waals surface area (Å²) in [6.45, 7) is 3.88. The van der Waals surface area contributed by atoms with Gasteiger partial charge < -0.3 is 23.9 Å². The summed E-state index contributed by atoms with van der Waals surface area (Å²) in [5.74, 6) is -1.26. The Morgan fingerprint density at radius 2 is 1.94 bits per heavy atom. The number of hydrogen-bond donors (Lipinski definition) is 1. The monoisotopic (exact) mass is 463 g/mol. The number of hydrogen-bond acceptors (Lipinski definition) is 6. The number of nitrogens with zero attached hydrogens (tertiary/aromatic N) is 1. The zero-order valence-corrected chi connectivity index (χ0v) is 18.4. The number of carbonyl (C=O) groups is 2. The van der Waals surface area contributed by atoms with E-state index < -0.39 is 29.3 Å². The van der Waals surface area contributed by atoms with Gasteiger partial charge in [0.1, 0.15) is 23.9 Å². The fourth-order valence-corrected chi connectivity index (χ4v) is 3.85. The minimum Gasteiger partial charge on any atom is -0.507 e. The van der Waals surface area contributed by atoms with Crippen LogP contribution in [0.1, 0.15) is 22.9 Å². The van der Waals surface area contributed by atoms with Gasteiger partial charge in [-0.3, -0.25) is 9.59 Å². The molecular weight excluding hydrogens is 441 g/mol. The second-order valence-electron chi connectivity index (χ2n) is 7.52. The van der Waals surface area contributed by atoms with Gasteiger partial charge >= 0.3 is 0 Å². The van der Waals surface area contributed by atoms with E-state index in [0.29, 0.717) is 22.8 Å². The molecule has 1 aliphatic heterocycles. The van der Waals surface area contributed by atoms with Crippen LogP contribution in [0.25, 0.3) is 5.76 Å². The Bertz CT molecular complexity index is 1250. The van der Waals surface area contributed by atoms with Crippen molar-refractivity contribution < 1.29 is 33.0 Å². The lowest BCUT2D eigenvalue weighted by atomic mass is 9.95. The van der Waals surface area contributed by atoms with Gasteiger partial charge in [-0.1, -0.05) is 18.7 Å². The summed E-state index contributed by atoms with van der Waals surface area (Å²) < 4.78 is 29.9. The highest BCUT2D eigenvalue weighted by Crippen LogP contribution is 2.42. The van der Waals surface area contributed by atoms with Crippen molar-refractivity contribution in [1.82, 2.24) is 4.90 Å². The standard InChI is InChI=1S/C26H22FNO6/c1-3-12-34-20-11-8-17(14-21(20)32-2)23-22(24(29)16-6-9-18(27)10-7-16)25(30)26(31)28(23)15-19-5-4-13-33-19/h3-11,13-14,23,29H,1,12,15H2,2H3. The number of likely N-dealkylation sites (tertiary alicyclic amines) is 1. The molecule has 1 unspecified atom stereocenters. The molecule has 1 fully saturated rings. The predicted molar refractivity (Wildman–Crippen MR) is 122 cm³/mol. The van der Waals surface area contributed by atoms with Gasteiger partial charge in [0.25, 0.3) is 11.7 Å². The summed E-state index contributed by atoms with van der Waals surface area (Å²) in [4.78, 5) is 27.4. The molecule has 2 aromatic carbocycles. The number of aliphatic hydroxyl groups excluding tert-OH is 1. The van der Waals surface area contributed by atoms with Crippen molar-refractivity contribution in [2.75, 3.05) is 13.7 Å². The van der Waals surface area contributed by atoms with E-state index in [-0.39, 0.29) is 24.3 Å². The highest BCUT2D eigenvalue weighted by Gasteiger charge is 2.46. The third-order valence-corrected chi connectivity index (χ3v) is 5.42. The SMILES string of the molecule is C=CCOc1ccc(C2C(=C(O)c3ccc(F)cc3)C(=O)C(=O)N2Cc2ccco2)cc1OC. The topological polar surface area (TPSA) is 89.2 Å². The van der Waals surface area contributed by atoms with Crippen molar-refractivity contribution in [2.45, 2.75) is 12.6 Å². The number of methoxy groups -OCH3 is 1. The molecule has 0 saturated carbocycles. The summed E-state index contributed by atoms with van der Waals surface area (Å²) in [6.07, 6.45) is 3.06. The van der Waals surface area contributed by atoms with E-state index in [4.69, 9.17) is 13.9 Å². The summed E-state index contributed by atoms with van der Waals surface area (Å²) in [5.41, 5.74) is 0.600. The Morgan fingerprint density at radius 1 is 1.18 bits per heavy atom. The number of amides is 1. The summed E-state index contributed by atoms with van der Waals surface area (Å²) in [6, 6.07) is 12.4. The van der Waals surface area contributed by atoms with E-state index in [1.165, 1.54) is 30.4 Å². The second-order valence-corrected chi connectivity index (χ2v) is 7.52. The van der Waals surface area contributed by atoms with E-state index in [1.807, 2.05) is 0 Å². The van der Waals surface area contributed by atoms with Crippen LogP contribution in [-0.2, 0) is 16.1 Å². The van der Waals surface area contributed by atoms with Crippen LogP contribution in [0.15, 0.2) is 83.5 Å². The van der Waals surface area contributed by atoms with Gasteiger partial charge in [0.05, 0.1) is 31.5 Å². The summed E-state index contributed by atoms with van der Waals surface area (Å²) in [5, 5.41) is 11.0. The molecule has 174 valence electrons. The zero-order chi connectivity index (χ0) is 24.2. The second kappa shape index (κ2) is 9.66. The lowest BCUT2D eigenvalue weighted by Crippen LogP contribution is -2.29. The molecule has 0 radical (unpaired) electrons. The maximum Gasteiger partial charge on any atom is 0.296 e. The maximum atomic E-state index is 13.4. The van der Waals surface area contributed by atoms with Crippen LogP contribution >= 0.6 is 0 Å². The molecule has 1 aromatic heterocycles. The Morgan fingerprint density at radius 3 is 2.59 bits per heavy atom. The third kappa shape index (κ3) is 4.30. The molecular formula is C26H22FNO6. The van der Waals surface area contributed by atoms with Gasteiger partial charge in [-0.25, -0.2) is 4.39 Å². The maximum absolute atomic E-state index is 13.4. The molecule has 8 heteroatoms. The van der Waals surface area contributed by atoms with E-state index >= 15 is 0 Å². The van der Waals surface area contributed by atoms with Crippen LogP contribution in [-0.4, -0.2) is 35.4 Å². The van der Waals surface area contributed by atoms with Gasteiger partial charge in [0.15, 0.2) is 11.5 Å². The highest BCUT2D eigenvalue weighted by atomic mass is 19.1. The largest absolute Gasteiger partial charge is 0.507 e. The molecule has 0 aliphatic carbocycles. The Balaban J connectivity index is 1.86. The zero-order valence-electron chi connectivity index (χ0n) is 18.4. The average Bonchev–Trinajstić information content (AvgIpc) is 3.45. The Labute approximate surface area is 195 Å². The molecule has 1 atom stereocenters. The number of furan rings is 1. The first kappa shape index (κ1) is 22.8. The molecule has 2 heterocycles. The van der Waals surface area contributed by atoms with Crippen molar-refractivity contribution in [2.24, 2.45) is 0 Å². The van der Waals surface area contributed by atoms with E-state index in [1.54, 1.807) is 36.4 Å². The Kier molecular flexibility index (Phi) is 6.49.